The fourth-order valence-corrected chi connectivity index (χ4v) is 1.65. The van der Waals surface area contributed by atoms with Crippen LogP contribution in [-0.2, 0) is 0 Å². The van der Waals surface area contributed by atoms with Crippen LogP contribution < -0.4 is 5.32 Å². The van der Waals surface area contributed by atoms with E-state index in [1.54, 1.807) is 12.1 Å². The van der Waals surface area contributed by atoms with Gasteiger partial charge in [0.1, 0.15) is 5.69 Å². The first kappa shape index (κ1) is 11.7. The van der Waals surface area contributed by atoms with E-state index in [0.29, 0.717) is 4.47 Å². The number of rotatable bonds is 2. The number of halogens is 2. The Kier molecular flexibility index (Phi) is 3.43. The number of nitrogens with one attached hydrogen (secondary N) is 1. The zero-order valence-electron chi connectivity index (χ0n) is 8.52. The van der Waals surface area contributed by atoms with Gasteiger partial charge in [-0.1, -0.05) is 0 Å². The van der Waals surface area contributed by atoms with E-state index in [4.69, 9.17) is 0 Å². The zero-order chi connectivity index (χ0) is 12.3. The molecular weight excluding hydrogens is 289 g/mol. The van der Waals surface area contributed by atoms with Gasteiger partial charge in [-0.05, 0) is 34.1 Å². The fraction of sp³-hybridized carbons (Fsp3) is 0. The number of carbonyl (C=O) groups is 1. The summed E-state index contributed by atoms with van der Waals surface area (Å²) in [5.41, 5.74) is 0.270. The highest BCUT2D eigenvalue weighted by molar-refractivity contribution is 9.10. The minimum absolute atomic E-state index is 0.0718. The molecule has 0 saturated carbocycles. The standard InChI is InChI=1S/C11H7BrFN3O/c12-7-2-1-4-15-10(7)11(17)16-9-3-5-14-6-8(9)13/h1-6H,(H,14,16,17). The first-order valence-corrected chi connectivity index (χ1v) is 5.49. The van der Waals surface area contributed by atoms with Gasteiger partial charge >= 0.3 is 0 Å². The molecule has 0 fully saturated rings. The lowest BCUT2D eigenvalue weighted by molar-refractivity contribution is 0.102. The molecule has 6 heteroatoms. The second kappa shape index (κ2) is 5.01. The highest BCUT2D eigenvalue weighted by atomic mass is 79.9. The molecule has 2 rings (SSSR count). The van der Waals surface area contributed by atoms with Crippen LogP contribution in [0.3, 0.4) is 0 Å². The van der Waals surface area contributed by atoms with Gasteiger partial charge in [0.05, 0.1) is 11.9 Å². The third-order valence-corrected chi connectivity index (χ3v) is 2.63. The summed E-state index contributed by atoms with van der Waals surface area (Å²) >= 11 is 3.20. The third kappa shape index (κ3) is 2.65. The van der Waals surface area contributed by atoms with Crippen molar-refractivity contribution in [1.82, 2.24) is 9.97 Å². The molecule has 0 aliphatic carbocycles. The topological polar surface area (TPSA) is 54.9 Å². The van der Waals surface area contributed by atoms with Crippen LogP contribution in [0, 0.1) is 5.82 Å². The van der Waals surface area contributed by atoms with Crippen molar-refractivity contribution >= 4 is 27.5 Å². The van der Waals surface area contributed by atoms with Gasteiger partial charge in [0.25, 0.3) is 5.91 Å². The van der Waals surface area contributed by atoms with E-state index >= 15 is 0 Å². The molecule has 0 unspecified atom stereocenters. The van der Waals surface area contributed by atoms with E-state index < -0.39 is 11.7 Å². The monoisotopic (exact) mass is 295 g/mol. The molecule has 2 aromatic heterocycles. The minimum atomic E-state index is -0.590. The molecule has 0 saturated heterocycles. The number of anilines is 1. The van der Waals surface area contributed by atoms with Crippen LogP contribution in [0.1, 0.15) is 10.5 Å². The highest BCUT2D eigenvalue weighted by Gasteiger charge is 2.12. The summed E-state index contributed by atoms with van der Waals surface area (Å²) in [5, 5.41) is 2.42. The van der Waals surface area contributed by atoms with Crippen molar-refractivity contribution in [3.63, 3.8) is 0 Å². The molecule has 17 heavy (non-hydrogen) atoms. The smallest absolute Gasteiger partial charge is 0.275 e. The van der Waals surface area contributed by atoms with Crippen molar-refractivity contribution in [2.75, 3.05) is 5.32 Å². The summed E-state index contributed by atoms with van der Waals surface area (Å²) < 4.78 is 13.8. The lowest BCUT2D eigenvalue weighted by atomic mass is 10.3. The van der Waals surface area contributed by atoms with Crippen LogP contribution in [0.2, 0.25) is 0 Å². The molecule has 86 valence electrons. The molecule has 0 aliphatic rings. The summed E-state index contributed by atoms with van der Waals surface area (Å²) in [4.78, 5) is 19.3. The lowest BCUT2D eigenvalue weighted by Gasteiger charge is -2.06. The van der Waals surface area contributed by atoms with E-state index in [2.05, 4.69) is 31.2 Å². The van der Waals surface area contributed by atoms with Crippen molar-refractivity contribution in [3.8, 4) is 0 Å². The van der Waals surface area contributed by atoms with Gasteiger partial charge in [0.2, 0.25) is 0 Å². The van der Waals surface area contributed by atoms with E-state index in [9.17, 15) is 9.18 Å². The third-order valence-electron chi connectivity index (χ3n) is 1.99. The molecule has 0 spiro atoms. The Labute approximate surface area is 105 Å². The first-order chi connectivity index (χ1) is 8.18. The predicted molar refractivity (Wildman–Crippen MR) is 64.1 cm³/mol. The van der Waals surface area contributed by atoms with E-state index in [1.165, 1.54) is 18.5 Å². The van der Waals surface area contributed by atoms with Gasteiger partial charge in [-0.25, -0.2) is 9.37 Å². The fourth-order valence-electron chi connectivity index (χ4n) is 1.21. The molecule has 0 bridgehead atoms. The Morgan fingerprint density at radius 1 is 1.35 bits per heavy atom. The summed E-state index contributed by atoms with van der Waals surface area (Å²) in [6.45, 7) is 0. The van der Waals surface area contributed by atoms with Crippen LogP contribution in [0.15, 0.2) is 41.3 Å². The molecule has 1 amide bonds. The maximum absolute atomic E-state index is 13.3. The SMILES string of the molecule is O=C(Nc1ccncc1F)c1ncccc1Br. The van der Waals surface area contributed by atoms with E-state index in [0.717, 1.165) is 6.20 Å². The molecule has 0 aromatic carbocycles. The number of pyridine rings is 2. The number of hydrogen-bond acceptors (Lipinski definition) is 3. The average molecular weight is 296 g/mol. The van der Waals surface area contributed by atoms with Gasteiger partial charge in [-0.15, -0.1) is 0 Å². The highest BCUT2D eigenvalue weighted by Crippen LogP contribution is 2.16. The van der Waals surface area contributed by atoms with Crippen molar-refractivity contribution in [2.45, 2.75) is 0 Å². The summed E-state index contributed by atoms with van der Waals surface area (Å²) in [6, 6.07) is 4.75. The van der Waals surface area contributed by atoms with Gasteiger partial charge in [0, 0.05) is 16.9 Å². The molecular formula is C11H7BrFN3O. The van der Waals surface area contributed by atoms with Gasteiger partial charge in [-0.3, -0.25) is 9.78 Å². The van der Waals surface area contributed by atoms with Crippen LogP contribution >= 0.6 is 15.9 Å². The predicted octanol–water partition coefficient (Wildman–Crippen LogP) is 2.63. The summed E-state index contributed by atoms with van der Waals surface area (Å²) in [6.07, 6.45) is 3.91. The van der Waals surface area contributed by atoms with E-state index in [1.807, 2.05) is 0 Å². The molecule has 2 aromatic rings. The van der Waals surface area contributed by atoms with Crippen LogP contribution in [0.5, 0.6) is 0 Å². The Morgan fingerprint density at radius 3 is 2.88 bits per heavy atom. The van der Waals surface area contributed by atoms with Gasteiger partial charge in [0.15, 0.2) is 5.82 Å². The number of aromatic nitrogens is 2. The molecule has 2 heterocycles. The Hall–Kier alpha value is -1.82. The second-order valence-electron chi connectivity index (χ2n) is 3.14. The van der Waals surface area contributed by atoms with Crippen molar-refractivity contribution in [1.29, 1.82) is 0 Å². The van der Waals surface area contributed by atoms with Gasteiger partial charge < -0.3 is 5.32 Å². The van der Waals surface area contributed by atoms with Crippen LogP contribution in [0.4, 0.5) is 10.1 Å². The van der Waals surface area contributed by atoms with Crippen LogP contribution in [0.25, 0.3) is 0 Å². The van der Waals surface area contributed by atoms with Crippen molar-refractivity contribution in [2.24, 2.45) is 0 Å². The second-order valence-corrected chi connectivity index (χ2v) is 4.00. The average Bonchev–Trinajstić information content (AvgIpc) is 2.32. The Bertz CT molecular complexity index is 562. The number of carbonyl (C=O) groups excluding carboxylic acids is 1. The zero-order valence-corrected chi connectivity index (χ0v) is 10.1. The molecule has 0 radical (unpaired) electrons. The minimum Gasteiger partial charge on any atom is -0.318 e. The Balaban J connectivity index is 2.24. The Morgan fingerprint density at radius 2 is 2.18 bits per heavy atom. The lowest BCUT2D eigenvalue weighted by Crippen LogP contribution is -2.15. The van der Waals surface area contributed by atoms with E-state index in [-0.39, 0.29) is 11.4 Å². The quantitative estimate of drug-likeness (QED) is 0.927. The largest absolute Gasteiger partial charge is 0.318 e. The maximum atomic E-state index is 13.3. The molecule has 0 aliphatic heterocycles. The number of amides is 1. The summed E-state index contributed by atoms with van der Waals surface area (Å²) in [7, 11) is 0. The summed E-state index contributed by atoms with van der Waals surface area (Å²) in [5.74, 6) is -1.07. The molecule has 4 nitrogen and oxygen atoms in total. The molecule has 1 N–H and O–H groups in total. The normalized spacial score (nSPS) is 10.0. The number of nitrogens with zero attached hydrogens (tertiary/aromatic N) is 2. The first-order valence-electron chi connectivity index (χ1n) is 4.70. The van der Waals surface area contributed by atoms with Crippen molar-refractivity contribution in [3.05, 3.63) is 52.8 Å². The number of hydrogen-bond donors (Lipinski definition) is 1. The van der Waals surface area contributed by atoms with Crippen molar-refractivity contribution < 1.29 is 9.18 Å². The molecule has 0 atom stereocenters. The van der Waals surface area contributed by atoms with Crippen LogP contribution in [-0.4, -0.2) is 15.9 Å². The van der Waals surface area contributed by atoms with Gasteiger partial charge in [-0.2, -0.15) is 0 Å². The maximum Gasteiger partial charge on any atom is 0.275 e.